The second-order valence-electron chi connectivity index (χ2n) is 6.55. The summed E-state index contributed by atoms with van der Waals surface area (Å²) in [5.74, 6) is 0.253. The molecule has 0 bridgehead atoms. The van der Waals surface area contributed by atoms with Crippen LogP contribution in [0, 0.1) is 5.82 Å². The average molecular weight is 337 g/mol. The highest BCUT2D eigenvalue weighted by Gasteiger charge is 2.27. The molecule has 0 spiro atoms. The Morgan fingerprint density at radius 3 is 2.80 bits per heavy atom. The van der Waals surface area contributed by atoms with Gasteiger partial charge in [-0.25, -0.2) is 9.37 Å². The van der Waals surface area contributed by atoms with Gasteiger partial charge in [0.15, 0.2) is 0 Å². The highest BCUT2D eigenvalue weighted by molar-refractivity contribution is 5.78. The quantitative estimate of drug-likeness (QED) is 0.730. The summed E-state index contributed by atoms with van der Waals surface area (Å²) in [5, 5.41) is 0. The van der Waals surface area contributed by atoms with Crippen LogP contribution in [0.15, 0.2) is 54.9 Å². The van der Waals surface area contributed by atoms with Crippen LogP contribution in [-0.4, -0.2) is 33.4 Å². The molecule has 4 rings (SSSR count). The SMILES string of the molecule is O=C(CCn1cnc2ccccc21)N1CC[C@@H](c2ccc(F)cc2)C1. The Balaban J connectivity index is 1.36. The molecule has 1 aromatic heterocycles. The summed E-state index contributed by atoms with van der Waals surface area (Å²) in [6, 6.07) is 14.6. The third-order valence-corrected chi connectivity index (χ3v) is 4.98. The predicted molar refractivity (Wildman–Crippen MR) is 94.7 cm³/mol. The van der Waals surface area contributed by atoms with Gasteiger partial charge < -0.3 is 9.47 Å². The zero-order valence-corrected chi connectivity index (χ0v) is 13.9. The minimum absolute atomic E-state index is 0.169. The van der Waals surface area contributed by atoms with Crippen LogP contribution >= 0.6 is 0 Å². The van der Waals surface area contributed by atoms with Crippen molar-refractivity contribution in [1.82, 2.24) is 14.5 Å². The maximum Gasteiger partial charge on any atom is 0.224 e. The standard InChI is InChI=1S/C20H20FN3O/c21-17-7-5-15(6-8-17)16-9-11-23(13-16)20(25)10-12-24-14-22-18-3-1-2-4-19(18)24/h1-8,14,16H,9-13H2/t16-/m1/s1. The Kier molecular flexibility index (Phi) is 4.22. The first-order valence-electron chi connectivity index (χ1n) is 8.64. The Morgan fingerprint density at radius 2 is 1.96 bits per heavy atom. The molecule has 4 nitrogen and oxygen atoms in total. The third kappa shape index (κ3) is 3.27. The van der Waals surface area contributed by atoms with Crippen LogP contribution in [0.1, 0.15) is 24.3 Å². The molecule has 0 aliphatic carbocycles. The van der Waals surface area contributed by atoms with Crippen molar-refractivity contribution in [3.63, 3.8) is 0 Å². The molecule has 0 N–H and O–H groups in total. The lowest BCUT2D eigenvalue weighted by Crippen LogP contribution is -2.29. The number of fused-ring (bicyclic) bond motifs is 1. The second kappa shape index (κ2) is 6.67. The Hall–Kier alpha value is -2.69. The maximum atomic E-state index is 13.1. The van der Waals surface area contributed by atoms with Gasteiger partial charge in [0.05, 0.1) is 17.4 Å². The number of benzene rings is 2. The van der Waals surface area contributed by atoms with E-state index in [9.17, 15) is 9.18 Å². The number of hydrogen-bond acceptors (Lipinski definition) is 2. The lowest BCUT2D eigenvalue weighted by Gasteiger charge is -2.17. The van der Waals surface area contributed by atoms with E-state index in [1.807, 2.05) is 45.9 Å². The summed E-state index contributed by atoms with van der Waals surface area (Å²) in [5.41, 5.74) is 3.12. The normalized spacial score (nSPS) is 17.3. The molecule has 1 aliphatic heterocycles. The number of carbonyl (C=O) groups excluding carboxylic acids is 1. The number of aryl methyl sites for hydroxylation is 1. The van der Waals surface area contributed by atoms with Crippen molar-refractivity contribution in [2.24, 2.45) is 0 Å². The zero-order chi connectivity index (χ0) is 17.2. The van der Waals surface area contributed by atoms with Gasteiger partial charge in [-0.05, 0) is 36.2 Å². The summed E-state index contributed by atoms with van der Waals surface area (Å²) in [7, 11) is 0. The number of amides is 1. The number of aromatic nitrogens is 2. The van der Waals surface area contributed by atoms with Gasteiger partial charge in [-0.3, -0.25) is 4.79 Å². The van der Waals surface area contributed by atoms with Gasteiger partial charge in [0, 0.05) is 32.0 Å². The molecule has 0 saturated carbocycles. The lowest BCUT2D eigenvalue weighted by molar-refractivity contribution is -0.130. The smallest absolute Gasteiger partial charge is 0.224 e. The molecule has 2 heterocycles. The Bertz CT molecular complexity index is 887. The molecule has 3 aromatic rings. The van der Waals surface area contributed by atoms with E-state index in [2.05, 4.69) is 4.98 Å². The van der Waals surface area contributed by atoms with Crippen molar-refractivity contribution in [1.29, 1.82) is 0 Å². The van der Waals surface area contributed by atoms with Crippen molar-refractivity contribution in [2.45, 2.75) is 25.3 Å². The number of para-hydroxylation sites is 2. The van der Waals surface area contributed by atoms with E-state index in [0.29, 0.717) is 18.9 Å². The molecular formula is C20H20FN3O. The minimum atomic E-state index is -0.220. The van der Waals surface area contributed by atoms with Gasteiger partial charge in [-0.2, -0.15) is 0 Å². The first-order valence-corrected chi connectivity index (χ1v) is 8.64. The highest BCUT2D eigenvalue weighted by Crippen LogP contribution is 2.27. The van der Waals surface area contributed by atoms with Gasteiger partial charge >= 0.3 is 0 Å². The van der Waals surface area contributed by atoms with Gasteiger partial charge in [-0.15, -0.1) is 0 Å². The summed E-state index contributed by atoms with van der Waals surface area (Å²) in [6.07, 6.45) is 3.20. The van der Waals surface area contributed by atoms with Crippen LogP contribution in [0.5, 0.6) is 0 Å². The van der Waals surface area contributed by atoms with E-state index in [-0.39, 0.29) is 11.7 Å². The van der Waals surface area contributed by atoms with Gasteiger partial charge in [0.25, 0.3) is 0 Å². The monoisotopic (exact) mass is 337 g/mol. The van der Waals surface area contributed by atoms with E-state index in [1.165, 1.54) is 12.1 Å². The summed E-state index contributed by atoms with van der Waals surface area (Å²) in [4.78, 5) is 18.8. The Morgan fingerprint density at radius 1 is 1.16 bits per heavy atom. The molecule has 1 saturated heterocycles. The topological polar surface area (TPSA) is 38.1 Å². The molecule has 0 radical (unpaired) electrons. The number of nitrogens with zero attached hydrogens (tertiary/aromatic N) is 3. The third-order valence-electron chi connectivity index (χ3n) is 4.98. The molecule has 1 amide bonds. The number of halogens is 1. The fraction of sp³-hybridized carbons (Fsp3) is 0.300. The molecule has 1 fully saturated rings. The average Bonchev–Trinajstić information content (AvgIpc) is 3.28. The minimum Gasteiger partial charge on any atom is -0.342 e. The second-order valence-corrected chi connectivity index (χ2v) is 6.55. The number of imidazole rings is 1. The highest BCUT2D eigenvalue weighted by atomic mass is 19.1. The van der Waals surface area contributed by atoms with Gasteiger partial charge in [0.1, 0.15) is 5.82 Å². The molecule has 5 heteroatoms. The van der Waals surface area contributed by atoms with E-state index in [1.54, 1.807) is 6.33 Å². The van der Waals surface area contributed by atoms with Crippen LogP contribution in [0.3, 0.4) is 0 Å². The molecule has 0 unspecified atom stereocenters. The van der Waals surface area contributed by atoms with E-state index in [0.717, 1.165) is 36.1 Å². The van der Waals surface area contributed by atoms with Crippen molar-refractivity contribution < 1.29 is 9.18 Å². The number of rotatable bonds is 4. The molecule has 1 aliphatic rings. The fourth-order valence-corrected chi connectivity index (χ4v) is 3.56. The van der Waals surface area contributed by atoms with Crippen molar-refractivity contribution in [3.05, 3.63) is 66.2 Å². The van der Waals surface area contributed by atoms with Gasteiger partial charge in [0.2, 0.25) is 5.91 Å². The van der Waals surface area contributed by atoms with Crippen LogP contribution < -0.4 is 0 Å². The fourth-order valence-electron chi connectivity index (χ4n) is 3.56. The van der Waals surface area contributed by atoms with Crippen molar-refractivity contribution in [2.75, 3.05) is 13.1 Å². The molecule has 2 aromatic carbocycles. The van der Waals surface area contributed by atoms with Crippen LogP contribution in [0.4, 0.5) is 4.39 Å². The number of hydrogen-bond donors (Lipinski definition) is 0. The van der Waals surface area contributed by atoms with E-state index >= 15 is 0 Å². The largest absolute Gasteiger partial charge is 0.342 e. The lowest BCUT2D eigenvalue weighted by atomic mass is 9.99. The summed E-state index contributed by atoms with van der Waals surface area (Å²) < 4.78 is 15.1. The summed E-state index contributed by atoms with van der Waals surface area (Å²) in [6.45, 7) is 2.12. The molecule has 25 heavy (non-hydrogen) atoms. The number of carbonyl (C=O) groups is 1. The Labute approximate surface area is 145 Å². The van der Waals surface area contributed by atoms with E-state index in [4.69, 9.17) is 0 Å². The zero-order valence-electron chi connectivity index (χ0n) is 13.9. The molecular weight excluding hydrogens is 317 g/mol. The van der Waals surface area contributed by atoms with Crippen LogP contribution in [-0.2, 0) is 11.3 Å². The van der Waals surface area contributed by atoms with Crippen molar-refractivity contribution in [3.8, 4) is 0 Å². The molecule has 128 valence electrons. The van der Waals surface area contributed by atoms with Crippen LogP contribution in [0.2, 0.25) is 0 Å². The predicted octanol–water partition coefficient (Wildman–Crippen LogP) is 3.58. The van der Waals surface area contributed by atoms with E-state index < -0.39 is 0 Å². The van der Waals surface area contributed by atoms with Crippen LogP contribution in [0.25, 0.3) is 11.0 Å². The first-order chi connectivity index (χ1) is 12.2. The van der Waals surface area contributed by atoms with Gasteiger partial charge in [-0.1, -0.05) is 24.3 Å². The molecule has 1 atom stereocenters. The van der Waals surface area contributed by atoms with Crippen molar-refractivity contribution >= 4 is 16.9 Å². The number of likely N-dealkylation sites (tertiary alicyclic amines) is 1. The first kappa shape index (κ1) is 15.8. The maximum absolute atomic E-state index is 13.1. The summed E-state index contributed by atoms with van der Waals surface area (Å²) >= 11 is 0.